The monoisotopic (exact) mass is 262 g/mol. The lowest BCUT2D eigenvalue weighted by Gasteiger charge is -2.00. The molecule has 0 spiro atoms. The largest absolute Gasteiger partial charge is 0.365 e. The molecule has 1 rings (SSSR count). The summed E-state index contributed by atoms with van der Waals surface area (Å²) in [6, 6.07) is 1.95. The molecule has 0 bridgehead atoms. The van der Waals surface area contributed by atoms with Gasteiger partial charge in [0.15, 0.2) is 5.56 Å². The van der Waals surface area contributed by atoms with Crippen LogP contribution in [-0.2, 0) is 0 Å². The van der Waals surface area contributed by atoms with Gasteiger partial charge in [-0.1, -0.05) is 15.9 Å². The lowest BCUT2D eigenvalue weighted by molar-refractivity contribution is -0.385. The summed E-state index contributed by atoms with van der Waals surface area (Å²) in [5.74, 6) is -2.18. The van der Waals surface area contributed by atoms with Crippen LogP contribution in [0, 0.1) is 15.9 Å². The van der Waals surface area contributed by atoms with Gasteiger partial charge in [0.1, 0.15) is 5.82 Å². The zero-order valence-electron chi connectivity index (χ0n) is 6.66. The van der Waals surface area contributed by atoms with Crippen molar-refractivity contribution in [3.63, 3.8) is 0 Å². The average Bonchev–Trinajstić information content (AvgIpc) is 2.01. The van der Waals surface area contributed by atoms with Crippen LogP contribution in [0.5, 0.6) is 0 Å². The van der Waals surface area contributed by atoms with Crippen LogP contribution < -0.4 is 5.73 Å². The van der Waals surface area contributed by atoms with Gasteiger partial charge in [-0.05, 0) is 6.07 Å². The quantitative estimate of drug-likeness (QED) is 0.649. The van der Waals surface area contributed by atoms with E-state index in [1.807, 2.05) is 0 Å². The van der Waals surface area contributed by atoms with Crippen molar-refractivity contribution in [2.75, 3.05) is 0 Å². The first-order chi connectivity index (χ1) is 6.43. The summed E-state index contributed by atoms with van der Waals surface area (Å²) in [6.45, 7) is 0. The lowest BCUT2D eigenvalue weighted by Crippen LogP contribution is -2.15. The van der Waals surface area contributed by atoms with E-state index in [0.717, 1.165) is 12.1 Å². The highest BCUT2D eigenvalue weighted by atomic mass is 79.9. The Morgan fingerprint density at radius 2 is 2.14 bits per heavy atom. The molecule has 2 N–H and O–H groups in total. The molecule has 0 heterocycles. The van der Waals surface area contributed by atoms with Crippen molar-refractivity contribution < 1.29 is 14.1 Å². The third-order valence-corrected chi connectivity index (χ3v) is 1.94. The molecular formula is C7H4BrFN2O3. The van der Waals surface area contributed by atoms with E-state index in [2.05, 4.69) is 15.9 Å². The molecule has 0 saturated carbocycles. The van der Waals surface area contributed by atoms with Gasteiger partial charge in [0.2, 0.25) is 0 Å². The summed E-state index contributed by atoms with van der Waals surface area (Å²) < 4.78 is 13.3. The zero-order valence-corrected chi connectivity index (χ0v) is 8.25. The minimum absolute atomic E-state index is 0.173. The maximum absolute atomic E-state index is 13.1. The summed E-state index contributed by atoms with van der Waals surface area (Å²) in [5, 5.41) is 10.4. The van der Waals surface area contributed by atoms with Crippen LogP contribution >= 0.6 is 15.9 Å². The van der Waals surface area contributed by atoms with Crippen molar-refractivity contribution in [3.05, 3.63) is 38.1 Å². The normalized spacial score (nSPS) is 9.86. The smallest absolute Gasteiger partial charge is 0.286 e. The Bertz CT molecular complexity index is 422. The molecule has 0 aliphatic rings. The molecule has 0 saturated heterocycles. The molecule has 0 atom stereocenters. The second-order valence-corrected chi connectivity index (χ2v) is 3.32. The Labute approximate surface area is 86.0 Å². The van der Waals surface area contributed by atoms with Crippen LogP contribution in [0.1, 0.15) is 10.4 Å². The molecule has 1 aromatic carbocycles. The topological polar surface area (TPSA) is 86.2 Å². The number of nitrogens with two attached hydrogens (primary N) is 1. The van der Waals surface area contributed by atoms with E-state index in [-0.39, 0.29) is 4.47 Å². The molecule has 14 heavy (non-hydrogen) atoms. The van der Waals surface area contributed by atoms with Gasteiger partial charge in [0, 0.05) is 10.5 Å². The number of benzene rings is 1. The van der Waals surface area contributed by atoms with Gasteiger partial charge in [0.25, 0.3) is 11.6 Å². The molecule has 5 nitrogen and oxygen atoms in total. The van der Waals surface area contributed by atoms with E-state index in [1.54, 1.807) is 0 Å². The molecule has 74 valence electrons. The molecule has 1 amide bonds. The van der Waals surface area contributed by atoms with Crippen LogP contribution in [-0.4, -0.2) is 10.8 Å². The predicted octanol–water partition coefficient (Wildman–Crippen LogP) is 1.60. The molecule has 1 aromatic rings. The predicted molar refractivity (Wildman–Crippen MR) is 49.3 cm³/mol. The van der Waals surface area contributed by atoms with Gasteiger partial charge in [-0.3, -0.25) is 14.9 Å². The molecule has 0 aromatic heterocycles. The van der Waals surface area contributed by atoms with Crippen LogP contribution in [0.15, 0.2) is 16.6 Å². The summed E-state index contributed by atoms with van der Waals surface area (Å²) in [6.07, 6.45) is 0. The van der Waals surface area contributed by atoms with Crippen molar-refractivity contribution in [2.24, 2.45) is 5.73 Å². The van der Waals surface area contributed by atoms with E-state index in [4.69, 9.17) is 5.73 Å². The first-order valence-electron chi connectivity index (χ1n) is 3.36. The number of primary amides is 1. The van der Waals surface area contributed by atoms with E-state index in [0.29, 0.717) is 0 Å². The van der Waals surface area contributed by atoms with Crippen LogP contribution in [0.4, 0.5) is 10.1 Å². The second kappa shape index (κ2) is 3.70. The molecule has 0 fully saturated rings. The highest BCUT2D eigenvalue weighted by Crippen LogP contribution is 2.26. The maximum atomic E-state index is 13.1. The zero-order chi connectivity index (χ0) is 10.9. The van der Waals surface area contributed by atoms with E-state index < -0.39 is 27.9 Å². The van der Waals surface area contributed by atoms with Crippen LogP contribution in [0.25, 0.3) is 0 Å². The number of rotatable bonds is 2. The van der Waals surface area contributed by atoms with E-state index >= 15 is 0 Å². The van der Waals surface area contributed by atoms with Gasteiger partial charge in [-0.25, -0.2) is 4.39 Å². The third kappa shape index (κ3) is 1.87. The Hall–Kier alpha value is -1.50. The third-order valence-electron chi connectivity index (χ3n) is 1.48. The number of halogens is 2. The van der Waals surface area contributed by atoms with Gasteiger partial charge >= 0.3 is 0 Å². The van der Waals surface area contributed by atoms with Crippen molar-refractivity contribution in [3.8, 4) is 0 Å². The Balaban J connectivity index is 3.52. The van der Waals surface area contributed by atoms with E-state index in [9.17, 15) is 19.3 Å². The van der Waals surface area contributed by atoms with Crippen molar-refractivity contribution >= 4 is 27.5 Å². The molecule has 0 radical (unpaired) electrons. The Kier molecular flexibility index (Phi) is 2.80. The van der Waals surface area contributed by atoms with Crippen LogP contribution in [0.2, 0.25) is 0 Å². The number of nitro groups is 1. The van der Waals surface area contributed by atoms with Crippen molar-refractivity contribution in [2.45, 2.75) is 0 Å². The molecule has 7 heteroatoms. The number of hydrogen-bond acceptors (Lipinski definition) is 3. The minimum Gasteiger partial charge on any atom is -0.365 e. The molecule has 0 aliphatic carbocycles. The summed E-state index contributed by atoms with van der Waals surface area (Å²) in [4.78, 5) is 20.3. The highest BCUT2D eigenvalue weighted by molar-refractivity contribution is 9.10. The Morgan fingerprint density at radius 3 is 2.57 bits per heavy atom. The standard InChI is InChI=1S/C7H4BrFN2O3/c8-3-1-4(9)6(7(10)12)5(2-3)11(13)14/h1-2H,(H2,10,12). The molecule has 0 aliphatic heterocycles. The molecular weight excluding hydrogens is 259 g/mol. The van der Waals surface area contributed by atoms with Crippen molar-refractivity contribution in [1.29, 1.82) is 0 Å². The summed E-state index contributed by atoms with van der Waals surface area (Å²) >= 11 is 2.87. The lowest BCUT2D eigenvalue weighted by atomic mass is 10.1. The van der Waals surface area contributed by atoms with Gasteiger partial charge in [0.05, 0.1) is 4.92 Å². The second-order valence-electron chi connectivity index (χ2n) is 2.40. The number of hydrogen-bond donors (Lipinski definition) is 1. The minimum atomic E-state index is -1.17. The van der Waals surface area contributed by atoms with Gasteiger partial charge < -0.3 is 5.73 Å². The fourth-order valence-corrected chi connectivity index (χ4v) is 1.37. The fourth-order valence-electron chi connectivity index (χ4n) is 0.948. The molecule has 0 unspecified atom stereocenters. The summed E-state index contributed by atoms with van der Waals surface area (Å²) in [7, 11) is 0. The van der Waals surface area contributed by atoms with E-state index in [1.165, 1.54) is 0 Å². The fraction of sp³-hybridized carbons (Fsp3) is 0. The number of nitro benzene ring substituents is 1. The first-order valence-corrected chi connectivity index (χ1v) is 4.16. The number of amides is 1. The summed E-state index contributed by atoms with van der Waals surface area (Å²) in [5.41, 5.74) is 3.45. The van der Waals surface area contributed by atoms with Crippen LogP contribution in [0.3, 0.4) is 0 Å². The first kappa shape index (κ1) is 10.6. The SMILES string of the molecule is NC(=O)c1c(F)cc(Br)cc1[N+](=O)[O-]. The average molecular weight is 263 g/mol. The number of carbonyl (C=O) groups excluding carboxylic acids is 1. The van der Waals surface area contributed by atoms with Gasteiger partial charge in [-0.2, -0.15) is 0 Å². The highest BCUT2D eigenvalue weighted by Gasteiger charge is 2.23. The van der Waals surface area contributed by atoms with Crippen molar-refractivity contribution in [1.82, 2.24) is 0 Å². The van der Waals surface area contributed by atoms with Gasteiger partial charge in [-0.15, -0.1) is 0 Å². The Morgan fingerprint density at radius 1 is 1.57 bits per heavy atom. The number of carbonyl (C=O) groups is 1. The maximum Gasteiger partial charge on any atom is 0.286 e. The number of nitrogens with zero attached hydrogens (tertiary/aromatic N) is 1.